The predicted molar refractivity (Wildman–Crippen MR) is 139 cm³/mol. The highest BCUT2D eigenvalue weighted by molar-refractivity contribution is 5.98. The fraction of sp³-hybridized carbons (Fsp3) is 0.300. The van der Waals surface area contributed by atoms with Crippen LogP contribution in [0.3, 0.4) is 0 Å². The van der Waals surface area contributed by atoms with E-state index in [1.807, 2.05) is 24.3 Å². The molecule has 0 saturated heterocycles. The molecule has 1 aliphatic heterocycles. The number of hydrogen-bond acceptors (Lipinski definition) is 3. The number of rotatable bonds is 7. The molecule has 34 heavy (non-hydrogen) atoms. The number of H-pyrrole nitrogens is 1. The van der Waals surface area contributed by atoms with Gasteiger partial charge in [0.1, 0.15) is 0 Å². The van der Waals surface area contributed by atoms with Gasteiger partial charge in [0, 0.05) is 52.1 Å². The molecular formula is C30H32N2O2. The standard InChI is InChI=1S/C30H32N2O2/c1-5-12-27-28(23-14-9-11-16-26(23)31-27)30(25-15-10-8-13-22(25)29(33)34-30)24-18-17-21(19-20(24)4)32(6-2)7-3/h8-11,13-19,31H,5-7,12H2,1-4H3. The van der Waals surface area contributed by atoms with Crippen molar-refractivity contribution in [3.63, 3.8) is 0 Å². The summed E-state index contributed by atoms with van der Waals surface area (Å²) in [6.07, 6.45) is 1.87. The van der Waals surface area contributed by atoms with E-state index < -0.39 is 5.60 Å². The second kappa shape index (κ2) is 8.68. The van der Waals surface area contributed by atoms with Gasteiger partial charge in [0.15, 0.2) is 5.60 Å². The third-order valence-electron chi connectivity index (χ3n) is 7.13. The maximum Gasteiger partial charge on any atom is 0.340 e. The van der Waals surface area contributed by atoms with Gasteiger partial charge in [-0.2, -0.15) is 0 Å². The van der Waals surface area contributed by atoms with E-state index in [1.165, 1.54) is 5.69 Å². The highest BCUT2D eigenvalue weighted by Crippen LogP contribution is 2.51. The zero-order chi connectivity index (χ0) is 23.9. The lowest BCUT2D eigenvalue weighted by atomic mass is 9.76. The maximum absolute atomic E-state index is 13.3. The van der Waals surface area contributed by atoms with E-state index in [1.54, 1.807) is 0 Å². The average Bonchev–Trinajstić information content (AvgIpc) is 3.36. The molecule has 0 fully saturated rings. The molecule has 0 amide bonds. The van der Waals surface area contributed by atoms with Gasteiger partial charge in [0.25, 0.3) is 0 Å². The minimum absolute atomic E-state index is 0.268. The number of esters is 1. The number of nitrogens with zero attached hydrogens (tertiary/aromatic N) is 1. The van der Waals surface area contributed by atoms with Crippen LogP contribution in [0.2, 0.25) is 0 Å². The van der Waals surface area contributed by atoms with Gasteiger partial charge in [-0.3, -0.25) is 0 Å². The van der Waals surface area contributed by atoms with E-state index in [-0.39, 0.29) is 5.97 Å². The number of carbonyl (C=O) groups is 1. The number of cyclic esters (lactones) is 1. The van der Waals surface area contributed by atoms with Crippen LogP contribution in [-0.4, -0.2) is 24.0 Å². The first-order valence-corrected chi connectivity index (χ1v) is 12.3. The first-order valence-electron chi connectivity index (χ1n) is 12.3. The number of anilines is 1. The Labute approximate surface area is 201 Å². The predicted octanol–water partition coefficient (Wildman–Crippen LogP) is 6.74. The SMILES string of the molecule is CCCc1[nH]c2ccccc2c1C1(c2ccc(N(CC)CC)cc2C)OC(=O)c2ccccc21. The Morgan fingerprint density at radius 3 is 2.38 bits per heavy atom. The van der Waals surface area contributed by atoms with Gasteiger partial charge in [0.05, 0.1) is 5.56 Å². The van der Waals surface area contributed by atoms with Crippen molar-refractivity contribution in [1.29, 1.82) is 0 Å². The number of para-hydroxylation sites is 1. The maximum atomic E-state index is 13.3. The number of aromatic amines is 1. The second-order valence-electron chi connectivity index (χ2n) is 9.06. The quantitative estimate of drug-likeness (QED) is 0.316. The summed E-state index contributed by atoms with van der Waals surface area (Å²) in [5.74, 6) is -0.268. The third-order valence-corrected chi connectivity index (χ3v) is 7.13. The molecule has 1 atom stereocenters. The van der Waals surface area contributed by atoms with Crippen LogP contribution in [0.25, 0.3) is 10.9 Å². The van der Waals surface area contributed by atoms with Crippen molar-refractivity contribution < 1.29 is 9.53 Å². The summed E-state index contributed by atoms with van der Waals surface area (Å²) in [5.41, 5.74) is 7.13. The molecule has 0 radical (unpaired) electrons. The molecule has 4 aromatic rings. The molecule has 2 heterocycles. The minimum atomic E-state index is -0.996. The Morgan fingerprint density at radius 2 is 1.65 bits per heavy atom. The monoisotopic (exact) mass is 452 g/mol. The van der Waals surface area contributed by atoms with Crippen LogP contribution in [0.4, 0.5) is 5.69 Å². The molecule has 4 nitrogen and oxygen atoms in total. The van der Waals surface area contributed by atoms with Gasteiger partial charge in [-0.25, -0.2) is 4.79 Å². The molecule has 4 heteroatoms. The Hall–Kier alpha value is -3.53. The molecular weight excluding hydrogens is 420 g/mol. The number of aryl methyl sites for hydroxylation is 2. The summed E-state index contributed by atoms with van der Waals surface area (Å²) in [6.45, 7) is 10.6. The number of aromatic nitrogens is 1. The van der Waals surface area contributed by atoms with E-state index in [4.69, 9.17) is 4.74 Å². The number of benzene rings is 3. The molecule has 0 saturated carbocycles. The molecule has 0 aliphatic carbocycles. The van der Waals surface area contributed by atoms with Gasteiger partial charge in [0.2, 0.25) is 0 Å². The fourth-order valence-corrected chi connectivity index (χ4v) is 5.60. The number of nitrogens with one attached hydrogen (secondary N) is 1. The highest BCUT2D eigenvalue weighted by atomic mass is 16.6. The van der Waals surface area contributed by atoms with Crippen molar-refractivity contribution in [2.75, 3.05) is 18.0 Å². The van der Waals surface area contributed by atoms with Crippen LogP contribution in [0.15, 0.2) is 66.7 Å². The lowest BCUT2D eigenvalue weighted by molar-refractivity contribution is 0.0252. The summed E-state index contributed by atoms with van der Waals surface area (Å²) >= 11 is 0. The Kier molecular flexibility index (Phi) is 5.68. The average molecular weight is 453 g/mol. The van der Waals surface area contributed by atoms with Gasteiger partial charge >= 0.3 is 5.97 Å². The summed E-state index contributed by atoms with van der Waals surface area (Å²) in [6, 6.07) is 22.7. The third kappa shape index (κ3) is 3.24. The topological polar surface area (TPSA) is 45.3 Å². The van der Waals surface area contributed by atoms with E-state index >= 15 is 0 Å². The van der Waals surface area contributed by atoms with Crippen molar-refractivity contribution in [2.24, 2.45) is 0 Å². The molecule has 0 bridgehead atoms. The molecule has 0 spiro atoms. The van der Waals surface area contributed by atoms with Crippen LogP contribution in [-0.2, 0) is 16.8 Å². The van der Waals surface area contributed by atoms with Crippen molar-refractivity contribution >= 4 is 22.6 Å². The molecule has 1 aromatic heterocycles. The molecule has 174 valence electrons. The minimum Gasteiger partial charge on any atom is -0.440 e. The van der Waals surface area contributed by atoms with Crippen LogP contribution < -0.4 is 4.90 Å². The number of ether oxygens (including phenoxy) is 1. The normalized spacial score (nSPS) is 17.1. The zero-order valence-corrected chi connectivity index (χ0v) is 20.4. The zero-order valence-electron chi connectivity index (χ0n) is 20.4. The van der Waals surface area contributed by atoms with Crippen molar-refractivity contribution in [3.8, 4) is 0 Å². The van der Waals surface area contributed by atoms with E-state index in [9.17, 15) is 4.79 Å². The van der Waals surface area contributed by atoms with Crippen molar-refractivity contribution in [3.05, 3.63) is 100 Å². The first-order chi connectivity index (χ1) is 16.5. The molecule has 3 aromatic carbocycles. The molecule has 1 N–H and O–H groups in total. The summed E-state index contributed by atoms with van der Waals surface area (Å²) < 4.78 is 6.51. The van der Waals surface area contributed by atoms with Crippen LogP contribution >= 0.6 is 0 Å². The Bertz CT molecular complexity index is 1370. The van der Waals surface area contributed by atoms with Gasteiger partial charge in [-0.05, 0) is 57.0 Å². The lowest BCUT2D eigenvalue weighted by Gasteiger charge is -2.33. The van der Waals surface area contributed by atoms with Gasteiger partial charge < -0.3 is 14.6 Å². The van der Waals surface area contributed by atoms with E-state index in [2.05, 4.69) is 80.0 Å². The van der Waals surface area contributed by atoms with Crippen LogP contribution in [0.1, 0.15) is 65.5 Å². The lowest BCUT2D eigenvalue weighted by Crippen LogP contribution is -2.32. The molecule has 1 aliphatic rings. The van der Waals surface area contributed by atoms with E-state index in [0.29, 0.717) is 5.56 Å². The van der Waals surface area contributed by atoms with E-state index in [0.717, 1.165) is 64.8 Å². The van der Waals surface area contributed by atoms with Gasteiger partial charge in [-0.15, -0.1) is 0 Å². The smallest absolute Gasteiger partial charge is 0.340 e. The summed E-state index contributed by atoms with van der Waals surface area (Å²) in [5, 5.41) is 1.10. The van der Waals surface area contributed by atoms with Crippen LogP contribution in [0.5, 0.6) is 0 Å². The second-order valence-corrected chi connectivity index (χ2v) is 9.06. The largest absolute Gasteiger partial charge is 0.440 e. The highest BCUT2D eigenvalue weighted by Gasteiger charge is 2.51. The van der Waals surface area contributed by atoms with Crippen molar-refractivity contribution in [2.45, 2.75) is 46.1 Å². The van der Waals surface area contributed by atoms with Crippen LogP contribution in [0, 0.1) is 6.92 Å². The fourth-order valence-electron chi connectivity index (χ4n) is 5.60. The Balaban J connectivity index is 1.86. The van der Waals surface area contributed by atoms with Gasteiger partial charge in [-0.1, -0.05) is 55.8 Å². The van der Waals surface area contributed by atoms with Crippen molar-refractivity contribution in [1.82, 2.24) is 4.98 Å². The first kappa shape index (κ1) is 22.3. The molecule has 1 unspecified atom stereocenters. The number of carbonyl (C=O) groups excluding carboxylic acids is 1. The Morgan fingerprint density at radius 1 is 0.912 bits per heavy atom. The number of hydrogen-bond donors (Lipinski definition) is 1. The summed E-state index contributed by atoms with van der Waals surface area (Å²) in [4.78, 5) is 19.3. The number of fused-ring (bicyclic) bond motifs is 2. The summed E-state index contributed by atoms with van der Waals surface area (Å²) in [7, 11) is 0. The molecule has 5 rings (SSSR count).